The van der Waals surface area contributed by atoms with Crippen molar-refractivity contribution in [2.75, 3.05) is 13.7 Å². The van der Waals surface area contributed by atoms with Gasteiger partial charge in [-0.05, 0) is 18.6 Å². The first-order valence-corrected chi connectivity index (χ1v) is 5.71. The third-order valence-electron chi connectivity index (χ3n) is 2.55. The maximum Gasteiger partial charge on any atom is 0 e. The Morgan fingerprint density at radius 2 is 1.87 bits per heavy atom. The van der Waals surface area contributed by atoms with Gasteiger partial charge in [-0.2, -0.15) is 5.26 Å². The average molecular weight is 361 g/mol. The van der Waals surface area contributed by atoms with Crippen molar-refractivity contribution in [3.8, 4) is 6.07 Å². The number of ether oxygens (including phenoxy) is 2. The Labute approximate surface area is 145 Å². The molecule has 0 spiro atoms. The molecule has 1 atom stereocenters. The molecule has 0 saturated carbocycles. The summed E-state index contributed by atoms with van der Waals surface area (Å²) < 4.78 is 32.4. The number of esters is 1. The Bertz CT molecular complexity index is 472. The van der Waals surface area contributed by atoms with Crippen LogP contribution in [0.5, 0.6) is 0 Å². The van der Waals surface area contributed by atoms with E-state index in [1.165, 1.54) is 6.92 Å². The van der Waals surface area contributed by atoms with Crippen LogP contribution in [0.3, 0.4) is 0 Å². The maximum absolute atomic E-state index is 10.6. The molecule has 1 aliphatic carbocycles. The number of rotatable bonds is 4. The van der Waals surface area contributed by atoms with Crippen molar-refractivity contribution >= 4 is 5.97 Å². The Morgan fingerprint density at radius 1 is 1.35 bits per heavy atom. The van der Waals surface area contributed by atoms with Gasteiger partial charge in [0.2, 0.25) is 0 Å². The molecule has 0 radical (unpaired) electrons. The van der Waals surface area contributed by atoms with Gasteiger partial charge in [0.25, 0.3) is 0 Å². The van der Waals surface area contributed by atoms with Crippen LogP contribution in [0.2, 0.25) is 0 Å². The van der Waals surface area contributed by atoms with Crippen molar-refractivity contribution < 1.29 is 45.3 Å². The molecule has 1 rings (SSSR count). The number of hydrogen-bond donors (Lipinski definition) is 0. The average Bonchev–Trinajstić information content (AvgIpc) is 2.60. The van der Waals surface area contributed by atoms with E-state index in [4.69, 9.17) is 28.7 Å². The summed E-state index contributed by atoms with van der Waals surface area (Å²) in [6.45, 7) is 15.1. The summed E-state index contributed by atoms with van der Waals surface area (Å²) in [5.41, 5.74) is -0.572. The van der Waals surface area contributed by atoms with Gasteiger partial charge in [-0.3, -0.25) is 4.79 Å². The van der Waals surface area contributed by atoms with E-state index in [0.717, 1.165) is 5.76 Å². The van der Waals surface area contributed by atoms with Gasteiger partial charge in [0.15, 0.2) is 0 Å². The first-order valence-electron chi connectivity index (χ1n) is 5.71. The third kappa shape index (κ3) is 13.4. The molecule has 0 N–H and O–H groups in total. The Balaban J connectivity index is -0.000000231. The van der Waals surface area contributed by atoms with Gasteiger partial charge in [-0.25, -0.2) is 0 Å². The number of carbonyl (C=O) groups excluding carboxylic acids is 1. The standard InChI is InChI=1S/C12H15NO3.3CO.Fe/c1-10(14)16-8-7-12(9-13)5-3-11(15-2)4-6-12;3*1-2;/h3-5H,6-8H2,1-2H3;;;;. The maximum atomic E-state index is 10.6. The number of carbonyl (C=O) groups is 1. The van der Waals surface area contributed by atoms with Gasteiger partial charge < -0.3 is 9.47 Å². The van der Waals surface area contributed by atoms with Gasteiger partial charge >= 0.3 is 39.9 Å². The SMILES string of the molecule is COC1=CCC(C#N)(CCOC(C)=O)C=C1.[C-]#[O+].[C-]#[O+].[C-]#[O+].[Fe]. The molecule has 0 amide bonds. The van der Waals surface area contributed by atoms with Gasteiger partial charge in [0, 0.05) is 30.4 Å². The smallest absolute Gasteiger partial charge is 0 e. The number of allylic oxidation sites excluding steroid dienone is 3. The van der Waals surface area contributed by atoms with Gasteiger partial charge in [0.05, 0.1) is 25.2 Å². The van der Waals surface area contributed by atoms with Crippen LogP contribution < -0.4 is 0 Å². The molecule has 7 nitrogen and oxygen atoms in total. The summed E-state index contributed by atoms with van der Waals surface area (Å²) in [6.07, 6.45) is 6.56. The monoisotopic (exact) mass is 361 g/mol. The zero-order chi connectivity index (χ0) is 18.0. The second-order valence-corrected chi connectivity index (χ2v) is 3.71. The summed E-state index contributed by atoms with van der Waals surface area (Å²) in [5, 5.41) is 9.15. The van der Waals surface area contributed by atoms with Crippen molar-refractivity contribution in [1.82, 2.24) is 0 Å². The van der Waals surface area contributed by atoms with E-state index < -0.39 is 5.41 Å². The molecule has 0 heterocycles. The number of nitriles is 1. The molecule has 0 aromatic carbocycles. The van der Waals surface area contributed by atoms with E-state index in [9.17, 15) is 4.79 Å². The van der Waals surface area contributed by atoms with Crippen LogP contribution in [-0.2, 0) is 45.3 Å². The Morgan fingerprint density at radius 3 is 2.17 bits per heavy atom. The Hall–Kier alpha value is -2.02. The van der Waals surface area contributed by atoms with E-state index >= 15 is 0 Å². The Kier molecular flexibility index (Phi) is 25.2. The first kappa shape index (κ1) is 29.0. The van der Waals surface area contributed by atoms with Gasteiger partial charge in [-0.15, -0.1) is 0 Å². The van der Waals surface area contributed by atoms with E-state index in [-0.39, 0.29) is 29.6 Å². The zero-order valence-corrected chi connectivity index (χ0v) is 13.7. The largest absolute Gasteiger partial charge is 0 e. The molecular weight excluding hydrogens is 346 g/mol. The molecule has 0 saturated heterocycles. The van der Waals surface area contributed by atoms with E-state index in [2.05, 4.69) is 26.0 Å². The predicted octanol–water partition coefficient (Wildman–Crippen LogP) is 1.82. The van der Waals surface area contributed by atoms with Crippen LogP contribution in [0.1, 0.15) is 19.8 Å². The molecule has 23 heavy (non-hydrogen) atoms. The minimum atomic E-state index is -0.572. The van der Waals surface area contributed by atoms with Crippen LogP contribution in [0.25, 0.3) is 0 Å². The number of nitrogens with zero attached hydrogens (tertiary/aromatic N) is 1. The van der Waals surface area contributed by atoms with Gasteiger partial charge in [0.1, 0.15) is 5.76 Å². The summed E-state index contributed by atoms with van der Waals surface area (Å²) in [4.78, 5) is 10.6. The minimum absolute atomic E-state index is 0. The minimum Gasteiger partial charge on any atom is 0 e. The second kappa shape index (κ2) is 20.0. The summed E-state index contributed by atoms with van der Waals surface area (Å²) in [6, 6.07) is 2.26. The topological polar surface area (TPSA) is 119 Å². The molecule has 1 unspecified atom stereocenters. The van der Waals surface area contributed by atoms with Crippen LogP contribution in [0.4, 0.5) is 0 Å². The van der Waals surface area contributed by atoms with Crippen LogP contribution in [-0.4, -0.2) is 19.7 Å². The molecule has 124 valence electrons. The van der Waals surface area contributed by atoms with Crippen LogP contribution >= 0.6 is 0 Å². The van der Waals surface area contributed by atoms with Crippen molar-refractivity contribution in [2.24, 2.45) is 5.41 Å². The predicted molar refractivity (Wildman–Crippen MR) is 69.9 cm³/mol. The zero-order valence-electron chi connectivity index (χ0n) is 12.6. The summed E-state index contributed by atoms with van der Waals surface area (Å²) in [5.74, 6) is 0.444. The fourth-order valence-corrected chi connectivity index (χ4v) is 1.51. The molecule has 0 aliphatic heterocycles. The molecule has 0 bridgehead atoms. The van der Waals surface area contributed by atoms with E-state index in [1.54, 1.807) is 13.2 Å². The van der Waals surface area contributed by atoms with Crippen molar-refractivity contribution in [3.05, 3.63) is 43.9 Å². The molecular formula is C15H15FeNO6. The van der Waals surface area contributed by atoms with Crippen LogP contribution in [0.15, 0.2) is 24.0 Å². The van der Waals surface area contributed by atoms with Gasteiger partial charge in [-0.1, -0.05) is 6.08 Å². The summed E-state index contributed by atoms with van der Waals surface area (Å²) in [7, 11) is 1.59. The fraction of sp³-hybridized carbons (Fsp3) is 0.400. The molecule has 0 aromatic rings. The van der Waals surface area contributed by atoms with E-state index in [1.807, 2.05) is 12.2 Å². The van der Waals surface area contributed by atoms with Crippen molar-refractivity contribution in [3.63, 3.8) is 0 Å². The number of hydrogen-bond acceptors (Lipinski definition) is 4. The van der Waals surface area contributed by atoms with Crippen molar-refractivity contribution in [2.45, 2.75) is 19.8 Å². The quantitative estimate of drug-likeness (QED) is 0.328. The number of methoxy groups -OCH3 is 1. The molecule has 0 aromatic heterocycles. The summed E-state index contributed by atoms with van der Waals surface area (Å²) >= 11 is 0. The fourth-order valence-electron chi connectivity index (χ4n) is 1.51. The first-order chi connectivity index (χ1) is 10.6. The molecule has 0 fully saturated rings. The third-order valence-corrected chi connectivity index (χ3v) is 2.55. The molecule has 8 heteroatoms. The second-order valence-electron chi connectivity index (χ2n) is 3.71. The normalized spacial score (nSPS) is 16.4. The molecule has 1 aliphatic rings. The van der Waals surface area contributed by atoms with E-state index in [0.29, 0.717) is 12.8 Å². The van der Waals surface area contributed by atoms with Crippen molar-refractivity contribution in [1.29, 1.82) is 5.26 Å². The van der Waals surface area contributed by atoms with Crippen LogP contribution in [0, 0.1) is 36.7 Å².